The van der Waals surface area contributed by atoms with Gasteiger partial charge in [-0.15, -0.1) is 18.3 Å². The van der Waals surface area contributed by atoms with Crippen molar-refractivity contribution in [2.45, 2.75) is 11.8 Å². The lowest BCUT2D eigenvalue weighted by molar-refractivity contribution is 0.102. The highest BCUT2D eigenvalue weighted by Crippen LogP contribution is 2.27. The van der Waals surface area contributed by atoms with Crippen LogP contribution in [0.15, 0.2) is 66.1 Å². The molecule has 138 valence electrons. The van der Waals surface area contributed by atoms with Gasteiger partial charge in [0.25, 0.3) is 5.91 Å². The van der Waals surface area contributed by atoms with E-state index >= 15 is 0 Å². The molecule has 0 aliphatic heterocycles. The Morgan fingerprint density at radius 3 is 2.42 bits per heavy atom. The van der Waals surface area contributed by atoms with E-state index in [4.69, 9.17) is 0 Å². The molecule has 1 N–H and O–H groups in total. The Bertz CT molecular complexity index is 878. The van der Waals surface area contributed by atoms with Gasteiger partial charge in [-0.2, -0.15) is 0 Å². The molecule has 2 aromatic rings. The molecule has 26 heavy (non-hydrogen) atoms. The van der Waals surface area contributed by atoms with E-state index in [1.807, 2.05) is 24.3 Å². The molecule has 0 radical (unpaired) electrons. The molecule has 0 heterocycles. The fraction of sp³-hybridized carbons (Fsp3) is 0.211. The first-order chi connectivity index (χ1) is 12.4. The quantitative estimate of drug-likeness (QED) is 0.546. The smallest absolute Gasteiger partial charge is 0.255 e. The molecule has 0 aliphatic carbocycles. The van der Waals surface area contributed by atoms with Crippen LogP contribution in [0, 0.1) is 0 Å². The number of benzene rings is 2. The lowest BCUT2D eigenvalue weighted by atomic mass is 10.2. The number of sulfonamides is 1. The van der Waals surface area contributed by atoms with Crippen molar-refractivity contribution in [3.8, 4) is 0 Å². The van der Waals surface area contributed by atoms with E-state index in [1.54, 1.807) is 36.0 Å². The van der Waals surface area contributed by atoms with Gasteiger partial charge in [-0.05, 0) is 42.2 Å². The standard InChI is InChI=1S/C19H22N2O3S2/c1-4-14-21(26(3,23)24)16-12-10-15(11-13-16)19(22)20-17-8-6-7-9-18(17)25-5-2/h4,6-13H,1,5,14H2,2-3H3,(H,20,22). The van der Waals surface area contributed by atoms with Gasteiger partial charge < -0.3 is 5.32 Å². The zero-order chi connectivity index (χ0) is 19.2. The first-order valence-corrected chi connectivity index (χ1v) is 10.9. The molecule has 0 bridgehead atoms. The number of nitrogens with one attached hydrogen (secondary N) is 1. The largest absolute Gasteiger partial charge is 0.321 e. The van der Waals surface area contributed by atoms with Gasteiger partial charge in [0.15, 0.2) is 0 Å². The molecular weight excluding hydrogens is 368 g/mol. The van der Waals surface area contributed by atoms with Gasteiger partial charge in [-0.25, -0.2) is 8.42 Å². The predicted octanol–water partition coefficient (Wildman–Crippen LogP) is 4.00. The molecule has 5 nitrogen and oxygen atoms in total. The second-order valence-corrected chi connectivity index (χ2v) is 8.73. The average Bonchev–Trinajstić information content (AvgIpc) is 2.61. The van der Waals surface area contributed by atoms with Gasteiger partial charge >= 0.3 is 0 Å². The van der Waals surface area contributed by atoms with Crippen molar-refractivity contribution in [3.05, 3.63) is 66.7 Å². The van der Waals surface area contributed by atoms with E-state index < -0.39 is 10.0 Å². The van der Waals surface area contributed by atoms with Crippen LogP contribution in [0.3, 0.4) is 0 Å². The van der Waals surface area contributed by atoms with E-state index in [1.165, 1.54) is 10.4 Å². The second-order valence-electron chi connectivity index (χ2n) is 5.51. The number of para-hydroxylation sites is 1. The van der Waals surface area contributed by atoms with Crippen LogP contribution in [-0.2, 0) is 10.0 Å². The molecule has 0 aliphatic rings. The number of carbonyl (C=O) groups is 1. The molecule has 2 rings (SSSR count). The van der Waals surface area contributed by atoms with Gasteiger partial charge in [0.1, 0.15) is 0 Å². The van der Waals surface area contributed by atoms with Crippen LogP contribution in [0.4, 0.5) is 11.4 Å². The van der Waals surface area contributed by atoms with Gasteiger partial charge in [-0.1, -0.05) is 25.1 Å². The van der Waals surface area contributed by atoms with Gasteiger partial charge in [0, 0.05) is 10.5 Å². The average molecular weight is 391 g/mol. The minimum Gasteiger partial charge on any atom is -0.321 e. The molecule has 0 unspecified atom stereocenters. The third-order valence-electron chi connectivity index (χ3n) is 3.55. The van der Waals surface area contributed by atoms with Crippen LogP contribution in [-0.4, -0.2) is 32.9 Å². The van der Waals surface area contributed by atoms with Crippen molar-refractivity contribution in [3.63, 3.8) is 0 Å². The molecule has 0 spiro atoms. The molecule has 0 aromatic heterocycles. The second kappa shape index (κ2) is 8.91. The van der Waals surface area contributed by atoms with Crippen LogP contribution in [0.25, 0.3) is 0 Å². The lowest BCUT2D eigenvalue weighted by Gasteiger charge is -2.20. The number of nitrogens with zero attached hydrogens (tertiary/aromatic N) is 1. The number of rotatable bonds is 8. The summed E-state index contributed by atoms with van der Waals surface area (Å²) in [5.41, 5.74) is 1.71. The van der Waals surface area contributed by atoms with Crippen LogP contribution in [0.1, 0.15) is 17.3 Å². The minimum atomic E-state index is -3.41. The molecule has 1 amide bonds. The number of carbonyl (C=O) groups excluding carboxylic acids is 1. The maximum absolute atomic E-state index is 12.5. The first-order valence-electron chi connectivity index (χ1n) is 8.08. The Morgan fingerprint density at radius 1 is 1.19 bits per heavy atom. The SMILES string of the molecule is C=CCN(c1ccc(C(=O)Nc2ccccc2SCC)cc1)S(C)(=O)=O. The summed E-state index contributed by atoms with van der Waals surface area (Å²) < 4.78 is 25.0. The molecular formula is C19H22N2O3S2. The van der Waals surface area contributed by atoms with Gasteiger partial charge in [0.2, 0.25) is 10.0 Å². The summed E-state index contributed by atoms with van der Waals surface area (Å²) in [5, 5.41) is 2.91. The van der Waals surface area contributed by atoms with E-state index in [0.717, 1.165) is 22.6 Å². The Morgan fingerprint density at radius 2 is 1.85 bits per heavy atom. The maximum Gasteiger partial charge on any atom is 0.255 e. The van der Waals surface area contributed by atoms with E-state index in [0.29, 0.717) is 11.3 Å². The number of hydrogen-bond donors (Lipinski definition) is 1. The molecule has 0 atom stereocenters. The predicted molar refractivity (Wildman–Crippen MR) is 110 cm³/mol. The lowest BCUT2D eigenvalue weighted by Crippen LogP contribution is -2.29. The van der Waals surface area contributed by atoms with Crippen molar-refractivity contribution in [2.24, 2.45) is 0 Å². The van der Waals surface area contributed by atoms with E-state index in [-0.39, 0.29) is 12.5 Å². The van der Waals surface area contributed by atoms with Crippen molar-refractivity contribution >= 4 is 39.1 Å². The molecule has 0 fully saturated rings. The van der Waals surface area contributed by atoms with Crippen molar-refractivity contribution in [1.29, 1.82) is 0 Å². The summed E-state index contributed by atoms with van der Waals surface area (Å²) in [5.74, 6) is 0.669. The highest BCUT2D eigenvalue weighted by Gasteiger charge is 2.16. The number of hydrogen-bond acceptors (Lipinski definition) is 4. The number of amides is 1. The molecule has 0 saturated carbocycles. The fourth-order valence-electron chi connectivity index (χ4n) is 2.37. The minimum absolute atomic E-state index is 0.173. The highest BCUT2D eigenvalue weighted by atomic mass is 32.2. The number of thioether (sulfide) groups is 1. The Labute approximate surface area is 159 Å². The number of anilines is 2. The summed E-state index contributed by atoms with van der Waals surface area (Å²) >= 11 is 1.66. The van der Waals surface area contributed by atoms with Gasteiger partial charge in [-0.3, -0.25) is 9.10 Å². The highest BCUT2D eigenvalue weighted by molar-refractivity contribution is 7.99. The summed E-state index contributed by atoms with van der Waals surface area (Å²) in [6.45, 7) is 5.81. The molecule has 7 heteroatoms. The topological polar surface area (TPSA) is 66.5 Å². The van der Waals surface area contributed by atoms with Crippen LogP contribution in [0.5, 0.6) is 0 Å². The van der Waals surface area contributed by atoms with Crippen molar-refractivity contribution in [2.75, 3.05) is 28.2 Å². The Kier molecular flexibility index (Phi) is 6.88. The maximum atomic E-state index is 12.5. The third kappa shape index (κ3) is 5.12. The fourth-order valence-corrected chi connectivity index (χ4v) is 4.02. The van der Waals surface area contributed by atoms with Crippen molar-refractivity contribution in [1.82, 2.24) is 0 Å². The summed E-state index contributed by atoms with van der Waals surface area (Å²) in [6.07, 6.45) is 2.66. The Hall–Kier alpha value is -2.25. The van der Waals surface area contributed by atoms with E-state index in [9.17, 15) is 13.2 Å². The molecule has 2 aromatic carbocycles. The Balaban J connectivity index is 2.20. The summed E-state index contributed by atoms with van der Waals surface area (Å²) in [4.78, 5) is 13.5. The van der Waals surface area contributed by atoms with Gasteiger partial charge in [0.05, 0.1) is 24.2 Å². The zero-order valence-electron chi connectivity index (χ0n) is 14.8. The zero-order valence-corrected chi connectivity index (χ0v) is 16.4. The first kappa shape index (κ1) is 20.1. The normalized spacial score (nSPS) is 11.0. The monoisotopic (exact) mass is 390 g/mol. The van der Waals surface area contributed by atoms with Crippen LogP contribution >= 0.6 is 11.8 Å². The van der Waals surface area contributed by atoms with E-state index in [2.05, 4.69) is 18.8 Å². The summed E-state index contributed by atoms with van der Waals surface area (Å²) in [7, 11) is -3.41. The summed E-state index contributed by atoms with van der Waals surface area (Å²) in [6, 6.07) is 14.1. The molecule has 0 saturated heterocycles. The third-order valence-corrected chi connectivity index (χ3v) is 5.66. The van der Waals surface area contributed by atoms with Crippen molar-refractivity contribution < 1.29 is 13.2 Å². The van der Waals surface area contributed by atoms with Crippen LogP contribution in [0.2, 0.25) is 0 Å². The van der Waals surface area contributed by atoms with Crippen LogP contribution < -0.4 is 9.62 Å².